The number of aryl methyl sites for hydroxylation is 2. The summed E-state index contributed by atoms with van der Waals surface area (Å²) >= 11 is 0. The van der Waals surface area contributed by atoms with Gasteiger partial charge in [-0.15, -0.1) is 0 Å². The Kier molecular flexibility index (Phi) is 4.22. The zero-order valence-corrected chi connectivity index (χ0v) is 12.0. The predicted molar refractivity (Wildman–Crippen MR) is 76.8 cm³/mol. The Balaban J connectivity index is 1.98. The third-order valence-corrected chi connectivity index (χ3v) is 3.48. The number of aromatic amines is 1. The molecule has 0 fully saturated rings. The van der Waals surface area contributed by atoms with Crippen LogP contribution >= 0.6 is 0 Å². The molecule has 0 aliphatic carbocycles. The van der Waals surface area contributed by atoms with Crippen LogP contribution in [0.4, 0.5) is 0 Å². The lowest BCUT2D eigenvalue weighted by molar-refractivity contribution is 0.288. The number of hydrogen-bond donors (Lipinski definition) is 1. The van der Waals surface area contributed by atoms with E-state index in [9.17, 15) is 0 Å². The van der Waals surface area contributed by atoms with Crippen LogP contribution in [0.1, 0.15) is 35.7 Å². The molecule has 102 valence electrons. The average molecular weight is 259 g/mol. The van der Waals surface area contributed by atoms with E-state index in [1.54, 1.807) is 6.26 Å². The number of furan rings is 1. The summed E-state index contributed by atoms with van der Waals surface area (Å²) in [6.07, 6.45) is 5.79. The van der Waals surface area contributed by atoms with E-state index in [4.69, 9.17) is 4.42 Å². The lowest BCUT2D eigenvalue weighted by Gasteiger charge is -2.23. The first-order valence-corrected chi connectivity index (χ1v) is 6.51. The maximum atomic E-state index is 5.27. The minimum atomic E-state index is 0.333. The second-order valence-corrected chi connectivity index (χ2v) is 4.88. The summed E-state index contributed by atoms with van der Waals surface area (Å²) < 4.78 is 5.27. The smallest absolute Gasteiger partial charge is 0.126 e. The molecule has 0 radical (unpaired) electrons. The van der Waals surface area contributed by atoms with Crippen LogP contribution in [0.25, 0.3) is 6.08 Å². The van der Waals surface area contributed by atoms with Gasteiger partial charge >= 0.3 is 0 Å². The van der Waals surface area contributed by atoms with Crippen LogP contribution in [0.2, 0.25) is 0 Å². The first-order chi connectivity index (χ1) is 9.09. The molecule has 0 aliphatic heterocycles. The van der Waals surface area contributed by atoms with E-state index < -0.39 is 0 Å². The van der Waals surface area contributed by atoms with Gasteiger partial charge in [-0.2, -0.15) is 5.10 Å². The van der Waals surface area contributed by atoms with Crippen molar-refractivity contribution in [2.45, 2.75) is 26.8 Å². The molecule has 4 nitrogen and oxygen atoms in total. The monoisotopic (exact) mass is 259 g/mol. The summed E-state index contributed by atoms with van der Waals surface area (Å²) in [6, 6.07) is 4.18. The van der Waals surface area contributed by atoms with Crippen molar-refractivity contribution in [1.82, 2.24) is 15.1 Å². The fourth-order valence-electron chi connectivity index (χ4n) is 2.27. The Hall–Kier alpha value is -1.81. The standard InChI is InChI=1S/C15H21N3O/c1-11-15(12(2)17-16-11)13(3)18(4)9-5-7-14-8-6-10-19-14/h5-8,10,13H,9H2,1-4H3,(H,16,17)/b7-5+. The van der Waals surface area contributed by atoms with E-state index in [-0.39, 0.29) is 0 Å². The van der Waals surface area contributed by atoms with Gasteiger partial charge in [0, 0.05) is 23.8 Å². The summed E-state index contributed by atoms with van der Waals surface area (Å²) in [6.45, 7) is 7.18. The van der Waals surface area contributed by atoms with Gasteiger partial charge in [0.05, 0.1) is 12.0 Å². The van der Waals surface area contributed by atoms with E-state index in [2.05, 4.69) is 42.1 Å². The molecule has 0 amide bonds. The third kappa shape index (κ3) is 3.15. The number of nitrogens with one attached hydrogen (secondary N) is 1. The summed E-state index contributed by atoms with van der Waals surface area (Å²) in [5.41, 5.74) is 3.51. The highest BCUT2D eigenvalue weighted by Gasteiger charge is 2.17. The van der Waals surface area contributed by atoms with Crippen molar-refractivity contribution in [3.05, 3.63) is 47.2 Å². The highest BCUT2D eigenvalue weighted by molar-refractivity contribution is 5.42. The summed E-state index contributed by atoms with van der Waals surface area (Å²) in [5.74, 6) is 0.886. The molecule has 0 saturated carbocycles. The van der Waals surface area contributed by atoms with Crippen molar-refractivity contribution in [3.63, 3.8) is 0 Å². The van der Waals surface area contributed by atoms with E-state index >= 15 is 0 Å². The van der Waals surface area contributed by atoms with Gasteiger partial charge in [-0.25, -0.2) is 0 Å². The average Bonchev–Trinajstić information content (AvgIpc) is 2.99. The number of H-pyrrole nitrogens is 1. The topological polar surface area (TPSA) is 45.1 Å². The molecule has 2 rings (SSSR count). The highest BCUT2D eigenvalue weighted by Crippen LogP contribution is 2.23. The van der Waals surface area contributed by atoms with Gasteiger partial charge in [-0.1, -0.05) is 6.08 Å². The van der Waals surface area contributed by atoms with E-state index in [1.807, 2.05) is 25.1 Å². The second kappa shape index (κ2) is 5.89. The van der Waals surface area contributed by atoms with Crippen molar-refractivity contribution in [3.8, 4) is 0 Å². The van der Waals surface area contributed by atoms with Crippen molar-refractivity contribution in [2.24, 2.45) is 0 Å². The van der Waals surface area contributed by atoms with Gasteiger partial charge in [0.25, 0.3) is 0 Å². The Labute approximate surface area is 114 Å². The summed E-state index contributed by atoms with van der Waals surface area (Å²) in [7, 11) is 2.11. The van der Waals surface area contributed by atoms with Crippen molar-refractivity contribution < 1.29 is 4.42 Å². The van der Waals surface area contributed by atoms with Gasteiger partial charge in [-0.05, 0) is 46.0 Å². The van der Waals surface area contributed by atoms with Crippen LogP contribution in [-0.2, 0) is 0 Å². The zero-order valence-electron chi connectivity index (χ0n) is 12.0. The van der Waals surface area contributed by atoms with Crippen LogP contribution in [0.15, 0.2) is 28.9 Å². The molecular formula is C15H21N3O. The number of hydrogen-bond acceptors (Lipinski definition) is 3. The number of nitrogens with zero attached hydrogens (tertiary/aromatic N) is 2. The van der Waals surface area contributed by atoms with Crippen molar-refractivity contribution in [2.75, 3.05) is 13.6 Å². The van der Waals surface area contributed by atoms with Crippen LogP contribution in [0.3, 0.4) is 0 Å². The van der Waals surface area contributed by atoms with E-state index in [0.29, 0.717) is 6.04 Å². The number of aromatic nitrogens is 2. The molecule has 19 heavy (non-hydrogen) atoms. The van der Waals surface area contributed by atoms with Gasteiger partial charge in [-0.3, -0.25) is 10.00 Å². The first kappa shape index (κ1) is 13.6. The SMILES string of the molecule is Cc1n[nH]c(C)c1C(C)N(C)C/C=C/c1ccco1. The Morgan fingerprint density at radius 2 is 2.26 bits per heavy atom. The molecule has 0 aromatic carbocycles. The fourth-order valence-corrected chi connectivity index (χ4v) is 2.27. The maximum absolute atomic E-state index is 5.27. The van der Waals surface area contributed by atoms with Gasteiger partial charge in [0.1, 0.15) is 5.76 Å². The molecule has 1 atom stereocenters. The van der Waals surface area contributed by atoms with E-state index in [1.165, 1.54) is 5.56 Å². The molecule has 0 spiro atoms. The van der Waals surface area contributed by atoms with Crippen LogP contribution < -0.4 is 0 Å². The molecule has 4 heteroatoms. The fraction of sp³-hybridized carbons (Fsp3) is 0.400. The summed E-state index contributed by atoms with van der Waals surface area (Å²) in [4.78, 5) is 2.28. The molecule has 2 heterocycles. The highest BCUT2D eigenvalue weighted by atomic mass is 16.3. The Bertz CT molecular complexity index is 520. The largest absolute Gasteiger partial charge is 0.465 e. The van der Waals surface area contributed by atoms with Crippen LogP contribution in [0, 0.1) is 13.8 Å². The summed E-state index contributed by atoms with van der Waals surface area (Å²) in [5, 5.41) is 7.30. The zero-order chi connectivity index (χ0) is 13.8. The lowest BCUT2D eigenvalue weighted by Crippen LogP contribution is -2.23. The molecular weight excluding hydrogens is 238 g/mol. The molecule has 2 aromatic heterocycles. The predicted octanol–water partition coefficient (Wildman–Crippen LogP) is 3.33. The molecule has 0 aliphatic rings. The Morgan fingerprint density at radius 3 is 2.84 bits per heavy atom. The number of rotatable bonds is 5. The molecule has 1 N–H and O–H groups in total. The van der Waals surface area contributed by atoms with Crippen LogP contribution in [-0.4, -0.2) is 28.7 Å². The normalized spacial score (nSPS) is 13.5. The lowest BCUT2D eigenvalue weighted by atomic mass is 10.1. The van der Waals surface area contributed by atoms with Gasteiger partial charge in [0.15, 0.2) is 0 Å². The molecule has 1 unspecified atom stereocenters. The molecule has 2 aromatic rings. The van der Waals surface area contributed by atoms with Gasteiger partial charge < -0.3 is 4.42 Å². The second-order valence-electron chi connectivity index (χ2n) is 4.88. The van der Waals surface area contributed by atoms with Gasteiger partial charge in [0.2, 0.25) is 0 Å². The van der Waals surface area contributed by atoms with Crippen molar-refractivity contribution >= 4 is 6.08 Å². The minimum absolute atomic E-state index is 0.333. The van der Waals surface area contributed by atoms with Crippen molar-refractivity contribution in [1.29, 1.82) is 0 Å². The third-order valence-electron chi connectivity index (χ3n) is 3.48. The molecule has 0 bridgehead atoms. The first-order valence-electron chi connectivity index (χ1n) is 6.51. The maximum Gasteiger partial charge on any atom is 0.126 e. The molecule has 0 saturated heterocycles. The van der Waals surface area contributed by atoms with E-state index in [0.717, 1.165) is 23.7 Å². The quantitative estimate of drug-likeness (QED) is 0.895. The Morgan fingerprint density at radius 1 is 1.47 bits per heavy atom. The number of likely N-dealkylation sites (N-methyl/N-ethyl adjacent to an activating group) is 1. The minimum Gasteiger partial charge on any atom is -0.465 e. The van der Waals surface area contributed by atoms with Crippen LogP contribution in [0.5, 0.6) is 0 Å².